The molecule has 140 valence electrons. The summed E-state index contributed by atoms with van der Waals surface area (Å²) in [5.41, 5.74) is 0.129. The second kappa shape index (κ2) is 7.19. The monoisotopic (exact) mass is 385 g/mol. The summed E-state index contributed by atoms with van der Waals surface area (Å²) in [5, 5.41) is 7.75. The molecule has 2 heterocycles. The second-order valence-electron chi connectivity index (χ2n) is 6.88. The van der Waals surface area contributed by atoms with Crippen LogP contribution in [0.1, 0.15) is 54.4 Å². The van der Waals surface area contributed by atoms with Crippen molar-refractivity contribution in [1.29, 1.82) is 0 Å². The van der Waals surface area contributed by atoms with Crippen LogP contribution in [-0.4, -0.2) is 16.0 Å². The molecule has 1 saturated carbocycles. The molecule has 0 saturated heterocycles. The van der Waals surface area contributed by atoms with E-state index in [4.69, 9.17) is 20.5 Å². The van der Waals surface area contributed by atoms with E-state index in [9.17, 15) is 4.79 Å². The van der Waals surface area contributed by atoms with E-state index in [1.807, 2.05) is 18.2 Å². The van der Waals surface area contributed by atoms with Crippen LogP contribution in [0, 0.1) is 6.92 Å². The van der Waals surface area contributed by atoms with Crippen molar-refractivity contribution >= 4 is 17.5 Å². The molecule has 1 N–H and O–H groups in total. The summed E-state index contributed by atoms with van der Waals surface area (Å²) < 4.78 is 10.9. The van der Waals surface area contributed by atoms with Crippen molar-refractivity contribution in [3.05, 3.63) is 58.9 Å². The quantitative estimate of drug-likeness (QED) is 0.692. The topological polar surface area (TPSA) is 81.2 Å². The summed E-state index contributed by atoms with van der Waals surface area (Å²) in [4.78, 5) is 17.3. The Bertz CT molecular complexity index is 957. The third kappa shape index (κ3) is 3.49. The highest BCUT2D eigenvalue weighted by atomic mass is 35.5. The van der Waals surface area contributed by atoms with Gasteiger partial charge in [-0.25, -0.2) is 0 Å². The zero-order chi connectivity index (χ0) is 18.9. The molecule has 0 aliphatic heterocycles. The van der Waals surface area contributed by atoms with E-state index in [0.29, 0.717) is 22.5 Å². The van der Waals surface area contributed by atoms with Crippen molar-refractivity contribution in [2.45, 2.75) is 44.6 Å². The fourth-order valence-corrected chi connectivity index (χ4v) is 3.83. The number of furan rings is 1. The standard InChI is InChI=1S/C20H20ClN3O3/c1-13-22-19(24-27-13)20(11-5-2-6-12-20)23-18(25)17-10-9-16(26-17)14-7-3-4-8-15(14)21/h3-4,7-10H,2,5-6,11-12H2,1H3,(H,23,25). The average Bonchev–Trinajstić information content (AvgIpc) is 3.32. The van der Waals surface area contributed by atoms with Crippen molar-refractivity contribution in [2.24, 2.45) is 0 Å². The summed E-state index contributed by atoms with van der Waals surface area (Å²) in [5.74, 6) is 1.51. The minimum atomic E-state index is -0.621. The lowest BCUT2D eigenvalue weighted by atomic mass is 9.81. The van der Waals surface area contributed by atoms with Crippen LogP contribution in [0.2, 0.25) is 5.02 Å². The molecule has 1 aliphatic carbocycles. The number of hydrogen-bond acceptors (Lipinski definition) is 5. The molecule has 0 radical (unpaired) electrons. The number of amides is 1. The van der Waals surface area contributed by atoms with Crippen LogP contribution in [0.5, 0.6) is 0 Å². The second-order valence-corrected chi connectivity index (χ2v) is 7.28. The Morgan fingerprint density at radius 2 is 1.93 bits per heavy atom. The highest BCUT2D eigenvalue weighted by Crippen LogP contribution is 2.36. The number of aromatic nitrogens is 2. The van der Waals surface area contributed by atoms with Gasteiger partial charge < -0.3 is 14.3 Å². The lowest BCUT2D eigenvalue weighted by Crippen LogP contribution is -2.48. The first-order valence-electron chi connectivity index (χ1n) is 9.05. The number of carbonyl (C=O) groups excluding carboxylic acids is 1. The zero-order valence-electron chi connectivity index (χ0n) is 15.0. The normalized spacial score (nSPS) is 16.2. The summed E-state index contributed by atoms with van der Waals surface area (Å²) in [6.45, 7) is 1.75. The van der Waals surface area contributed by atoms with E-state index >= 15 is 0 Å². The first-order valence-corrected chi connectivity index (χ1v) is 9.43. The lowest BCUT2D eigenvalue weighted by molar-refractivity contribution is 0.0827. The van der Waals surface area contributed by atoms with Crippen molar-refractivity contribution < 1.29 is 13.7 Å². The summed E-state index contributed by atoms with van der Waals surface area (Å²) in [6.07, 6.45) is 4.67. The highest BCUT2D eigenvalue weighted by Gasteiger charge is 2.40. The van der Waals surface area contributed by atoms with Crippen LogP contribution in [0.15, 0.2) is 45.3 Å². The van der Waals surface area contributed by atoms with E-state index in [2.05, 4.69) is 15.5 Å². The van der Waals surface area contributed by atoms with Crippen LogP contribution >= 0.6 is 11.6 Å². The molecule has 0 bridgehead atoms. The first-order chi connectivity index (χ1) is 13.1. The summed E-state index contributed by atoms with van der Waals surface area (Å²) in [7, 11) is 0. The molecular formula is C20H20ClN3O3. The van der Waals surface area contributed by atoms with Crippen LogP contribution in [0.4, 0.5) is 0 Å². The molecule has 2 aromatic heterocycles. The van der Waals surface area contributed by atoms with Gasteiger partial charge in [0.2, 0.25) is 5.89 Å². The highest BCUT2D eigenvalue weighted by molar-refractivity contribution is 6.33. The predicted molar refractivity (Wildman–Crippen MR) is 100 cm³/mol. The van der Waals surface area contributed by atoms with Gasteiger partial charge in [-0.15, -0.1) is 0 Å². The summed E-state index contributed by atoms with van der Waals surface area (Å²) >= 11 is 6.22. The Hall–Kier alpha value is -2.60. The fraction of sp³-hybridized carbons (Fsp3) is 0.350. The summed E-state index contributed by atoms with van der Waals surface area (Å²) in [6, 6.07) is 10.8. The van der Waals surface area contributed by atoms with Crippen LogP contribution in [-0.2, 0) is 5.54 Å². The van der Waals surface area contributed by atoms with E-state index in [1.165, 1.54) is 0 Å². The molecule has 6 nitrogen and oxygen atoms in total. The third-order valence-corrected chi connectivity index (χ3v) is 5.31. The van der Waals surface area contributed by atoms with E-state index in [-0.39, 0.29) is 11.7 Å². The molecule has 0 atom stereocenters. The van der Waals surface area contributed by atoms with Crippen molar-refractivity contribution in [1.82, 2.24) is 15.5 Å². The van der Waals surface area contributed by atoms with Gasteiger partial charge in [0.05, 0.1) is 5.02 Å². The van der Waals surface area contributed by atoms with Gasteiger partial charge >= 0.3 is 0 Å². The molecule has 3 aromatic rings. The van der Waals surface area contributed by atoms with Gasteiger partial charge in [0.15, 0.2) is 11.6 Å². The Kier molecular flexibility index (Phi) is 4.74. The van der Waals surface area contributed by atoms with Crippen LogP contribution in [0.25, 0.3) is 11.3 Å². The number of nitrogens with one attached hydrogen (secondary N) is 1. The van der Waals surface area contributed by atoms with Gasteiger partial charge in [0.1, 0.15) is 11.3 Å². The Morgan fingerprint density at radius 1 is 1.15 bits per heavy atom. The molecule has 0 spiro atoms. The maximum absolute atomic E-state index is 12.9. The van der Waals surface area contributed by atoms with Gasteiger partial charge in [0.25, 0.3) is 5.91 Å². The largest absolute Gasteiger partial charge is 0.451 e. The molecule has 1 aliphatic rings. The van der Waals surface area contributed by atoms with Gasteiger partial charge in [-0.3, -0.25) is 4.79 Å². The number of halogens is 1. The van der Waals surface area contributed by atoms with Gasteiger partial charge in [-0.05, 0) is 37.1 Å². The van der Waals surface area contributed by atoms with Crippen molar-refractivity contribution in [2.75, 3.05) is 0 Å². The zero-order valence-corrected chi connectivity index (χ0v) is 15.8. The molecule has 4 rings (SSSR count). The molecule has 1 amide bonds. The van der Waals surface area contributed by atoms with Gasteiger partial charge in [0, 0.05) is 12.5 Å². The number of hydrogen-bond donors (Lipinski definition) is 1. The number of benzene rings is 1. The van der Waals surface area contributed by atoms with Crippen LogP contribution < -0.4 is 5.32 Å². The molecule has 7 heteroatoms. The fourth-order valence-electron chi connectivity index (χ4n) is 3.60. The van der Waals surface area contributed by atoms with Crippen LogP contribution in [0.3, 0.4) is 0 Å². The first kappa shape index (κ1) is 17.8. The Morgan fingerprint density at radius 3 is 2.63 bits per heavy atom. The molecule has 1 aromatic carbocycles. The minimum absolute atomic E-state index is 0.232. The smallest absolute Gasteiger partial charge is 0.287 e. The Labute approximate surface area is 161 Å². The van der Waals surface area contributed by atoms with Crippen molar-refractivity contribution in [3.63, 3.8) is 0 Å². The lowest BCUT2D eigenvalue weighted by Gasteiger charge is -2.34. The van der Waals surface area contributed by atoms with E-state index in [0.717, 1.165) is 37.7 Å². The van der Waals surface area contributed by atoms with Gasteiger partial charge in [-0.2, -0.15) is 4.98 Å². The average molecular weight is 386 g/mol. The molecule has 1 fully saturated rings. The van der Waals surface area contributed by atoms with Gasteiger partial charge in [-0.1, -0.05) is 48.2 Å². The number of rotatable bonds is 4. The van der Waals surface area contributed by atoms with E-state index in [1.54, 1.807) is 25.1 Å². The SMILES string of the molecule is Cc1nc(C2(NC(=O)c3ccc(-c4ccccc4Cl)o3)CCCCC2)no1. The van der Waals surface area contributed by atoms with E-state index < -0.39 is 5.54 Å². The minimum Gasteiger partial charge on any atom is -0.451 e. The number of aryl methyl sites for hydroxylation is 1. The predicted octanol–water partition coefficient (Wildman–Crippen LogP) is 4.88. The third-order valence-electron chi connectivity index (χ3n) is 4.98. The number of nitrogens with zero attached hydrogens (tertiary/aromatic N) is 2. The molecular weight excluding hydrogens is 366 g/mol. The molecule has 0 unspecified atom stereocenters. The number of carbonyl (C=O) groups is 1. The van der Waals surface area contributed by atoms with Crippen molar-refractivity contribution in [3.8, 4) is 11.3 Å². The maximum Gasteiger partial charge on any atom is 0.287 e. The Balaban J connectivity index is 1.60. The maximum atomic E-state index is 12.9. The molecule has 27 heavy (non-hydrogen) atoms.